The summed E-state index contributed by atoms with van der Waals surface area (Å²) in [6.07, 6.45) is 4.33. The van der Waals surface area contributed by atoms with E-state index in [2.05, 4.69) is 20.5 Å². The van der Waals surface area contributed by atoms with Gasteiger partial charge < -0.3 is 20.3 Å². The van der Waals surface area contributed by atoms with E-state index in [4.69, 9.17) is 17.0 Å². The third-order valence-electron chi connectivity index (χ3n) is 4.05. The molecule has 0 bridgehead atoms. The van der Waals surface area contributed by atoms with Crippen molar-refractivity contribution in [2.45, 2.75) is 19.4 Å². The van der Waals surface area contributed by atoms with Crippen molar-refractivity contribution >= 4 is 28.8 Å². The molecule has 1 aliphatic rings. The number of aromatic nitrogens is 1. The largest absolute Gasteiger partial charge is 0.497 e. The number of nitrogens with zero attached hydrogens (tertiary/aromatic N) is 2. The van der Waals surface area contributed by atoms with Gasteiger partial charge in [-0.05, 0) is 54.9 Å². The van der Waals surface area contributed by atoms with Crippen LogP contribution in [0.4, 0.5) is 11.5 Å². The molecule has 0 atom stereocenters. The molecule has 2 heterocycles. The van der Waals surface area contributed by atoms with Gasteiger partial charge in [0.25, 0.3) is 0 Å². The number of pyridine rings is 1. The van der Waals surface area contributed by atoms with E-state index in [0.29, 0.717) is 11.7 Å². The van der Waals surface area contributed by atoms with E-state index in [-0.39, 0.29) is 0 Å². The van der Waals surface area contributed by atoms with Gasteiger partial charge in [-0.15, -0.1) is 0 Å². The van der Waals surface area contributed by atoms with Crippen molar-refractivity contribution in [2.75, 3.05) is 30.4 Å². The normalized spacial score (nSPS) is 13.6. The van der Waals surface area contributed by atoms with Gasteiger partial charge in [0.1, 0.15) is 11.6 Å². The Morgan fingerprint density at radius 2 is 1.92 bits per heavy atom. The molecule has 126 valence electrons. The van der Waals surface area contributed by atoms with Crippen molar-refractivity contribution in [3.05, 3.63) is 48.2 Å². The maximum absolute atomic E-state index is 5.34. The highest BCUT2D eigenvalue weighted by Crippen LogP contribution is 2.19. The molecule has 0 aliphatic carbocycles. The summed E-state index contributed by atoms with van der Waals surface area (Å²) in [4.78, 5) is 6.82. The van der Waals surface area contributed by atoms with Crippen LogP contribution in [0.3, 0.4) is 0 Å². The maximum atomic E-state index is 5.34. The molecule has 0 radical (unpaired) electrons. The van der Waals surface area contributed by atoms with Gasteiger partial charge in [-0.3, -0.25) is 0 Å². The monoisotopic (exact) mass is 342 g/mol. The molecule has 0 amide bonds. The van der Waals surface area contributed by atoms with Crippen LogP contribution in [0.15, 0.2) is 42.6 Å². The van der Waals surface area contributed by atoms with Crippen LogP contribution in [0.25, 0.3) is 0 Å². The van der Waals surface area contributed by atoms with Gasteiger partial charge in [0.05, 0.1) is 19.0 Å². The van der Waals surface area contributed by atoms with E-state index in [0.717, 1.165) is 35.9 Å². The number of benzene rings is 1. The van der Waals surface area contributed by atoms with Crippen LogP contribution in [0.2, 0.25) is 0 Å². The van der Waals surface area contributed by atoms with Crippen LogP contribution < -0.4 is 20.3 Å². The van der Waals surface area contributed by atoms with Crippen molar-refractivity contribution in [1.82, 2.24) is 10.3 Å². The van der Waals surface area contributed by atoms with Crippen molar-refractivity contribution in [2.24, 2.45) is 0 Å². The highest BCUT2D eigenvalue weighted by atomic mass is 32.1. The maximum Gasteiger partial charge on any atom is 0.171 e. The third kappa shape index (κ3) is 4.35. The number of ether oxygens (including phenoxy) is 1. The molecule has 1 aromatic carbocycles. The minimum atomic E-state index is 0.585. The zero-order valence-corrected chi connectivity index (χ0v) is 14.6. The first-order valence-corrected chi connectivity index (χ1v) is 8.54. The summed E-state index contributed by atoms with van der Waals surface area (Å²) in [7, 11) is 1.66. The van der Waals surface area contributed by atoms with Crippen molar-refractivity contribution in [3.8, 4) is 5.75 Å². The zero-order valence-electron chi connectivity index (χ0n) is 13.8. The van der Waals surface area contributed by atoms with E-state index in [1.165, 1.54) is 12.8 Å². The number of methoxy groups -OCH3 is 1. The molecule has 5 nitrogen and oxygen atoms in total. The summed E-state index contributed by atoms with van der Waals surface area (Å²) >= 11 is 5.34. The highest BCUT2D eigenvalue weighted by Gasteiger charge is 2.13. The van der Waals surface area contributed by atoms with Crippen molar-refractivity contribution in [1.29, 1.82) is 0 Å². The van der Waals surface area contributed by atoms with Crippen LogP contribution in [-0.2, 0) is 6.54 Å². The fraction of sp³-hybridized carbons (Fsp3) is 0.333. The Bertz CT molecular complexity index is 666. The van der Waals surface area contributed by atoms with Gasteiger partial charge in [-0.2, -0.15) is 0 Å². The number of nitrogens with one attached hydrogen (secondary N) is 2. The molecule has 1 saturated heterocycles. The van der Waals surface area contributed by atoms with Gasteiger partial charge in [-0.25, -0.2) is 4.98 Å². The van der Waals surface area contributed by atoms with Gasteiger partial charge in [0, 0.05) is 19.6 Å². The predicted octanol–water partition coefficient (Wildman–Crippen LogP) is 3.18. The van der Waals surface area contributed by atoms with E-state index in [1.54, 1.807) is 7.11 Å². The highest BCUT2D eigenvalue weighted by molar-refractivity contribution is 7.80. The fourth-order valence-corrected chi connectivity index (χ4v) is 2.88. The summed E-state index contributed by atoms with van der Waals surface area (Å²) in [6, 6.07) is 12.0. The topological polar surface area (TPSA) is 49.4 Å². The molecule has 2 aromatic rings. The van der Waals surface area contributed by atoms with Gasteiger partial charge in [0.15, 0.2) is 5.11 Å². The Balaban J connectivity index is 1.48. The molecule has 24 heavy (non-hydrogen) atoms. The molecule has 2 N–H and O–H groups in total. The average molecular weight is 342 g/mol. The molecule has 0 unspecified atom stereocenters. The first kappa shape index (κ1) is 16.5. The number of rotatable bonds is 5. The summed E-state index contributed by atoms with van der Waals surface area (Å²) in [5.41, 5.74) is 2.03. The summed E-state index contributed by atoms with van der Waals surface area (Å²) < 4.78 is 5.15. The lowest BCUT2D eigenvalue weighted by Crippen LogP contribution is -2.28. The Labute approximate surface area is 148 Å². The number of hydrogen-bond donors (Lipinski definition) is 2. The van der Waals surface area contributed by atoms with E-state index in [1.807, 2.05) is 42.6 Å². The first-order valence-electron chi connectivity index (χ1n) is 8.13. The zero-order chi connectivity index (χ0) is 16.8. The molecule has 0 spiro atoms. The van der Waals surface area contributed by atoms with E-state index >= 15 is 0 Å². The SMILES string of the molecule is COc1ccc(CNC(=S)Nc2ccc(N3CCCC3)nc2)cc1. The second-order valence-electron chi connectivity index (χ2n) is 5.75. The summed E-state index contributed by atoms with van der Waals surface area (Å²) in [6.45, 7) is 2.86. The Hall–Kier alpha value is -2.34. The Morgan fingerprint density at radius 3 is 2.54 bits per heavy atom. The molecule has 6 heteroatoms. The predicted molar refractivity (Wildman–Crippen MR) is 102 cm³/mol. The molecule has 1 fully saturated rings. The molecule has 3 rings (SSSR count). The van der Waals surface area contributed by atoms with Crippen LogP contribution in [0.5, 0.6) is 5.75 Å². The molecule has 1 aliphatic heterocycles. The standard InChI is InChI=1S/C18H22N4OS/c1-23-16-7-4-14(5-8-16)12-20-18(24)21-15-6-9-17(19-13-15)22-10-2-3-11-22/h4-9,13H,2-3,10-12H2,1H3,(H2,20,21,24). The Kier molecular flexibility index (Phi) is 5.48. The molecule has 1 aromatic heterocycles. The number of hydrogen-bond acceptors (Lipinski definition) is 4. The molecule has 0 saturated carbocycles. The van der Waals surface area contributed by atoms with Crippen LogP contribution in [0, 0.1) is 0 Å². The van der Waals surface area contributed by atoms with Gasteiger partial charge in [-0.1, -0.05) is 12.1 Å². The third-order valence-corrected chi connectivity index (χ3v) is 4.29. The lowest BCUT2D eigenvalue weighted by atomic mass is 10.2. The summed E-state index contributed by atoms with van der Waals surface area (Å²) in [5, 5.41) is 6.95. The van der Waals surface area contributed by atoms with Gasteiger partial charge in [0.2, 0.25) is 0 Å². The molecular weight excluding hydrogens is 320 g/mol. The van der Waals surface area contributed by atoms with Crippen molar-refractivity contribution < 1.29 is 4.74 Å². The Morgan fingerprint density at radius 1 is 1.17 bits per heavy atom. The fourth-order valence-electron chi connectivity index (χ4n) is 2.69. The van der Waals surface area contributed by atoms with Crippen molar-refractivity contribution in [3.63, 3.8) is 0 Å². The summed E-state index contributed by atoms with van der Waals surface area (Å²) in [5.74, 6) is 1.89. The van der Waals surface area contributed by atoms with Gasteiger partial charge >= 0.3 is 0 Å². The average Bonchev–Trinajstić information content (AvgIpc) is 3.16. The smallest absolute Gasteiger partial charge is 0.171 e. The van der Waals surface area contributed by atoms with Crippen LogP contribution in [0.1, 0.15) is 18.4 Å². The quantitative estimate of drug-likeness (QED) is 0.814. The first-order chi connectivity index (χ1) is 11.7. The van der Waals surface area contributed by atoms with E-state index < -0.39 is 0 Å². The second-order valence-corrected chi connectivity index (χ2v) is 6.16. The molecular formula is C18H22N4OS. The minimum absolute atomic E-state index is 0.585. The van der Waals surface area contributed by atoms with Crippen LogP contribution in [-0.4, -0.2) is 30.3 Å². The second kappa shape index (κ2) is 7.97. The number of thiocarbonyl (C=S) groups is 1. The van der Waals surface area contributed by atoms with Crippen LogP contribution >= 0.6 is 12.2 Å². The number of anilines is 2. The lowest BCUT2D eigenvalue weighted by Gasteiger charge is -2.16. The lowest BCUT2D eigenvalue weighted by molar-refractivity contribution is 0.414. The minimum Gasteiger partial charge on any atom is -0.497 e. The van der Waals surface area contributed by atoms with E-state index in [9.17, 15) is 0 Å².